The second kappa shape index (κ2) is 7.56. The molecular formula is C15H21NO3. The van der Waals surface area contributed by atoms with Gasteiger partial charge in [0.05, 0.1) is 5.92 Å². The van der Waals surface area contributed by atoms with Gasteiger partial charge in [-0.25, -0.2) is 0 Å². The Bertz CT molecular complexity index is 417. The minimum Gasteiger partial charge on any atom is -0.481 e. The standard InChI is InChI=1S/C15H21NO3/c1-3-16(11-12(2)15(18)19)14(17)10-9-13-7-5-4-6-8-13/h4-8,12H,3,9-11H2,1-2H3,(H,18,19). The second-order valence-corrected chi connectivity index (χ2v) is 4.66. The maximum absolute atomic E-state index is 12.0. The Kier molecular flexibility index (Phi) is 6.06. The highest BCUT2D eigenvalue weighted by atomic mass is 16.4. The van der Waals surface area contributed by atoms with Gasteiger partial charge in [0.1, 0.15) is 0 Å². The minimum atomic E-state index is -0.866. The number of aliphatic carboxylic acids is 1. The van der Waals surface area contributed by atoms with Gasteiger partial charge in [0.15, 0.2) is 0 Å². The summed E-state index contributed by atoms with van der Waals surface area (Å²) in [7, 11) is 0. The summed E-state index contributed by atoms with van der Waals surface area (Å²) in [5, 5.41) is 8.88. The number of amides is 1. The number of benzene rings is 1. The molecule has 0 aliphatic carbocycles. The van der Waals surface area contributed by atoms with Crippen LogP contribution in [0.25, 0.3) is 0 Å². The molecule has 1 unspecified atom stereocenters. The lowest BCUT2D eigenvalue weighted by atomic mass is 10.1. The van der Waals surface area contributed by atoms with E-state index < -0.39 is 11.9 Å². The average Bonchev–Trinajstić information content (AvgIpc) is 2.42. The normalized spacial score (nSPS) is 11.9. The number of aryl methyl sites for hydroxylation is 1. The van der Waals surface area contributed by atoms with Crippen molar-refractivity contribution in [1.29, 1.82) is 0 Å². The number of rotatable bonds is 7. The molecule has 0 aromatic heterocycles. The van der Waals surface area contributed by atoms with Crippen molar-refractivity contribution in [1.82, 2.24) is 4.90 Å². The summed E-state index contributed by atoms with van der Waals surface area (Å²) < 4.78 is 0. The fourth-order valence-corrected chi connectivity index (χ4v) is 1.87. The van der Waals surface area contributed by atoms with Crippen LogP contribution >= 0.6 is 0 Å². The van der Waals surface area contributed by atoms with E-state index >= 15 is 0 Å². The highest BCUT2D eigenvalue weighted by Crippen LogP contribution is 2.07. The first-order valence-corrected chi connectivity index (χ1v) is 6.59. The van der Waals surface area contributed by atoms with Crippen LogP contribution in [-0.4, -0.2) is 35.0 Å². The number of hydrogen-bond donors (Lipinski definition) is 1. The third kappa shape index (κ3) is 5.12. The number of carboxylic acids is 1. The summed E-state index contributed by atoms with van der Waals surface area (Å²) in [6, 6.07) is 9.82. The molecule has 1 N–H and O–H groups in total. The zero-order valence-corrected chi connectivity index (χ0v) is 11.5. The van der Waals surface area contributed by atoms with Gasteiger partial charge in [0, 0.05) is 19.5 Å². The highest BCUT2D eigenvalue weighted by Gasteiger charge is 2.18. The van der Waals surface area contributed by atoms with Crippen molar-refractivity contribution < 1.29 is 14.7 Å². The molecule has 4 nitrogen and oxygen atoms in total. The third-order valence-electron chi connectivity index (χ3n) is 3.12. The van der Waals surface area contributed by atoms with Crippen LogP contribution in [0, 0.1) is 5.92 Å². The van der Waals surface area contributed by atoms with Crippen molar-refractivity contribution in [2.45, 2.75) is 26.7 Å². The Morgan fingerprint density at radius 1 is 1.26 bits per heavy atom. The quantitative estimate of drug-likeness (QED) is 0.820. The Balaban J connectivity index is 2.48. The predicted octanol–water partition coefficient (Wildman–Crippen LogP) is 2.19. The number of carbonyl (C=O) groups is 2. The lowest BCUT2D eigenvalue weighted by molar-refractivity contribution is -0.143. The molecule has 19 heavy (non-hydrogen) atoms. The van der Waals surface area contributed by atoms with Crippen molar-refractivity contribution in [3.05, 3.63) is 35.9 Å². The number of hydrogen-bond acceptors (Lipinski definition) is 2. The lowest BCUT2D eigenvalue weighted by Crippen LogP contribution is -2.36. The Morgan fingerprint density at radius 3 is 2.42 bits per heavy atom. The van der Waals surface area contributed by atoms with Crippen LogP contribution in [0.3, 0.4) is 0 Å². The third-order valence-corrected chi connectivity index (χ3v) is 3.12. The van der Waals surface area contributed by atoms with E-state index in [1.54, 1.807) is 11.8 Å². The van der Waals surface area contributed by atoms with Gasteiger partial charge >= 0.3 is 5.97 Å². The van der Waals surface area contributed by atoms with Crippen LogP contribution in [0.4, 0.5) is 0 Å². The zero-order chi connectivity index (χ0) is 14.3. The molecular weight excluding hydrogens is 242 g/mol. The highest BCUT2D eigenvalue weighted by molar-refractivity contribution is 5.77. The van der Waals surface area contributed by atoms with Crippen LogP contribution < -0.4 is 0 Å². The minimum absolute atomic E-state index is 0.0134. The molecule has 0 spiro atoms. The van der Waals surface area contributed by atoms with Crippen molar-refractivity contribution >= 4 is 11.9 Å². The molecule has 0 aliphatic heterocycles. The van der Waals surface area contributed by atoms with E-state index in [-0.39, 0.29) is 12.5 Å². The summed E-state index contributed by atoms with van der Waals surface area (Å²) in [5.41, 5.74) is 1.12. The predicted molar refractivity (Wildman–Crippen MR) is 73.8 cm³/mol. The molecule has 1 amide bonds. The first-order chi connectivity index (χ1) is 9.04. The number of carboxylic acid groups (broad SMARTS) is 1. The van der Waals surface area contributed by atoms with Gasteiger partial charge in [-0.2, -0.15) is 0 Å². The van der Waals surface area contributed by atoms with Crippen molar-refractivity contribution in [2.24, 2.45) is 5.92 Å². The molecule has 0 aliphatic rings. The second-order valence-electron chi connectivity index (χ2n) is 4.66. The van der Waals surface area contributed by atoms with Gasteiger partial charge in [-0.05, 0) is 18.9 Å². The monoisotopic (exact) mass is 263 g/mol. The number of nitrogens with zero attached hydrogens (tertiary/aromatic N) is 1. The average molecular weight is 263 g/mol. The van der Waals surface area contributed by atoms with Crippen LogP contribution in [0.15, 0.2) is 30.3 Å². The molecule has 4 heteroatoms. The molecule has 1 aromatic carbocycles. The van der Waals surface area contributed by atoms with Crippen molar-refractivity contribution in [3.8, 4) is 0 Å². The largest absolute Gasteiger partial charge is 0.481 e. The van der Waals surface area contributed by atoms with E-state index in [0.29, 0.717) is 19.4 Å². The smallest absolute Gasteiger partial charge is 0.308 e. The molecule has 0 saturated heterocycles. The Hall–Kier alpha value is -1.84. The van der Waals surface area contributed by atoms with E-state index in [2.05, 4.69) is 0 Å². The van der Waals surface area contributed by atoms with E-state index in [0.717, 1.165) is 5.56 Å². The van der Waals surface area contributed by atoms with Crippen molar-refractivity contribution in [3.63, 3.8) is 0 Å². The molecule has 1 rings (SSSR count). The van der Waals surface area contributed by atoms with Crippen molar-refractivity contribution in [2.75, 3.05) is 13.1 Å². The van der Waals surface area contributed by atoms with Crippen LogP contribution in [0.1, 0.15) is 25.8 Å². The fourth-order valence-electron chi connectivity index (χ4n) is 1.87. The maximum atomic E-state index is 12.0. The van der Waals surface area contributed by atoms with Gasteiger partial charge in [0.25, 0.3) is 0 Å². The molecule has 0 radical (unpaired) electrons. The summed E-state index contributed by atoms with van der Waals surface area (Å²) in [5.74, 6) is -1.38. The summed E-state index contributed by atoms with van der Waals surface area (Å²) in [6.07, 6.45) is 1.11. The van der Waals surface area contributed by atoms with Crippen LogP contribution in [0.2, 0.25) is 0 Å². The van der Waals surface area contributed by atoms with Gasteiger partial charge in [-0.3, -0.25) is 9.59 Å². The fraction of sp³-hybridized carbons (Fsp3) is 0.467. The van der Waals surface area contributed by atoms with Gasteiger partial charge in [-0.15, -0.1) is 0 Å². The first-order valence-electron chi connectivity index (χ1n) is 6.59. The molecule has 104 valence electrons. The van der Waals surface area contributed by atoms with E-state index in [9.17, 15) is 9.59 Å². The van der Waals surface area contributed by atoms with Crippen LogP contribution in [0.5, 0.6) is 0 Å². The summed E-state index contributed by atoms with van der Waals surface area (Å²) in [4.78, 5) is 24.5. The lowest BCUT2D eigenvalue weighted by Gasteiger charge is -2.23. The molecule has 0 bridgehead atoms. The van der Waals surface area contributed by atoms with Gasteiger partial charge in [0.2, 0.25) is 5.91 Å². The Labute approximate surface area is 114 Å². The van der Waals surface area contributed by atoms with Gasteiger partial charge < -0.3 is 10.0 Å². The number of carbonyl (C=O) groups excluding carboxylic acids is 1. The first kappa shape index (κ1) is 15.2. The zero-order valence-electron chi connectivity index (χ0n) is 11.5. The van der Waals surface area contributed by atoms with E-state index in [1.807, 2.05) is 37.3 Å². The van der Waals surface area contributed by atoms with E-state index in [1.165, 1.54) is 0 Å². The van der Waals surface area contributed by atoms with Crippen LogP contribution in [-0.2, 0) is 16.0 Å². The molecule has 1 aromatic rings. The summed E-state index contributed by atoms with van der Waals surface area (Å²) in [6.45, 7) is 4.31. The molecule has 0 saturated carbocycles. The molecule has 1 atom stereocenters. The SMILES string of the molecule is CCN(CC(C)C(=O)O)C(=O)CCc1ccccc1. The Morgan fingerprint density at radius 2 is 1.89 bits per heavy atom. The molecule has 0 heterocycles. The molecule has 0 fully saturated rings. The van der Waals surface area contributed by atoms with E-state index in [4.69, 9.17) is 5.11 Å². The topological polar surface area (TPSA) is 57.6 Å². The maximum Gasteiger partial charge on any atom is 0.308 e. The summed E-state index contributed by atoms with van der Waals surface area (Å²) >= 11 is 0. The van der Waals surface area contributed by atoms with Gasteiger partial charge in [-0.1, -0.05) is 37.3 Å².